The number of hydrogen-bond acceptors (Lipinski definition) is 2. The van der Waals surface area contributed by atoms with Crippen molar-refractivity contribution in [3.05, 3.63) is 64.6 Å². The average molecular weight is 319 g/mol. The Morgan fingerprint density at radius 3 is 2.58 bits per heavy atom. The van der Waals surface area contributed by atoms with Crippen molar-refractivity contribution in [1.29, 1.82) is 0 Å². The van der Waals surface area contributed by atoms with Crippen LogP contribution in [0.1, 0.15) is 5.56 Å². The molecule has 4 heteroatoms. The summed E-state index contributed by atoms with van der Waals surface area (Å²) in [5, 5.41) is 8.67. The van der Waals surface area contributed by atoms with Gasteiger partial charge in [0.25, 0.3) is 0 Å². The Labute approximate surface area is 119 Å². The summed E-state index contributed by atoms with van der Waals surface area (Å²) in [6, 6.07) is 14.8. The molecule has 0 aliphatic heterocycles. The molecule has 0 spiro atoms. The minimum absolute atomic E-state index is 0.595. The van der Waals surface area contributed by atoms with Crippen LogP contribution in [0.2, 0.25) is 0 Å². The van der Waals surface area contributed by atoms with Gasteiger partial charge in [-0.25, -0.2) is 4.79 Å². The van der Waals surface area contributed by atoms with Crippen molar-refractivity contribution in [1.82, 2.24) is 0 Å². The average Bonchev–Trinajstić information content (AvgIpc) is 2.39. The van der Waals surface area contributed by atoms with Gasteiger partial charge in [-0.3, -0.25) is 0 Å². The van der Waals surface area contributed by atoms with E-state index in [0.717, 1.165) is 10.5 Å². The number of hydrogen-bond donors (Lipinski definition) is 1. The lowest BCUT2D eigenvalue weighted by molar-refractivity contribution is -0.131. The molecule has 0 amide bonds. The first-order chi connectivity index (χ1) is 9.15. The SMILES string of the molecule is O=C(O)/C=C/c1ccc(Br)cc1Oc1ccccc1. The largest absolute Gasteiger partial charge is 0.478 e. The lowest BCUT2D eigenvalue weighted by Gasteiger charge is -2.09. The molecule has 0 heterocycles. The van der Waals surface area contributed by atoms with Gasteiger partial charge in [0, 0.05) is 16.1 Å². The van der Waals surface area contributed by atoms with E-state index >= 15 is 0 Å². The molecule has 0 unspecified atom stereocenters. The Bertz CT molecular complexity index is 606. The molecule has 3 nitrogen and oxygen atoms in total. The van der Waals surface area contributed by atoms with Gasteiger partial charge in [-0.05, 0) is 30.3 Å². The second kappa shape index (κ2) is 6.20. The maximum Gasteiger partial charge on any atom is 0.328 e. The molecule has 0 aromatic heterocycles. The molecular formula is C15H11BrO3. The molecule has 2 aromatic carbocycles. The molecule has 19 heavy (non-hydrogen) atoms. The van der Waals surface area contributed by atoms with Crippen molar-refractivity contribution < 1.29 is 14.6 Å². The minimum atomic E-state index is -0.992. The molecule has 96 valence electrons. The van der Waals surface area contributed by atoms with E-state index in [1.807, 2.05) is 36.4 Å². The van der Waals surface area contributed by atoms with E-state index in [-0.39, 0.29) is 0 Å². The monoisotopic (exact) mass is 318 g/mol. The number of carbonyl (C=O) groups is 1. The van der Waals surface area contributed by atoms with Crippen molar-refractivity contribution in [2.45, 2.75) is 0 Å². The highest BCUT2D eigenvalue weighted by Gasteiger charge is 2.04. The molecule has 0 saturated heterocycles. The molecule has 0 radical (unpaired) electrons. The van der Waals surface area contributed by atoms with Crippen LogP contribution < -0.4 is 4.74 Å². The van der Waals surface area contributed by atoms with Gasteiger partial charge < -0.3 is 9.84 Å². The zero-order valence-corrected chi connectivity index (χ0v) is 11.5. The summed E-state index contributed by atoms with van der Waals surface area (Å²) in [5.41, 5.74) is 0.703. The topological polar surface area (TPSA) is 46.5 Å². The summed E-state index contributed by atoms with van der Waals surface area (Å²) in [5.74, 6) is 0.303. The highest BCUT2D eigenvalue weighted by atomic mass is 79.9. The second-order valence-electron chi connectivity index (χ2n) is 3.77. The number of aliphatic carboxylic acids is 1. The standard InChI is InChI=1S/C15H11BrO3/c16-12-8-6-11(7-9-15(17)18)14(10-12)19-13-4-2-1-3-5-13/h1-10H,(H,17,18)/b9-7+. The number of carboxylic acids is 1. The Morgan fingerprint density at radius 1 is 1.16 bits per heavy atom. The van der Waals surface area contributed by atoms with Gasteiger partial charge in [0.05, 0.1) is 0 Å². The van der Waals surface area contributed by atoms with Crippen LogP contribution in [0.25, 0.3) is 6.08 Å². The second-order valence-corrected chi connectivity index (χ2v) is 4.68. The Hall–Kier alpha value is -2.07. The first-order valence-electron chi connectivity index (χ1n) is 5.58. The third kappa shape index (κ3) is 3.96. The normalized spacial score (nSPS) is 10.6. The number of benzene rings is 2. The van der Waals surface area contributed by atoms with Crippen molar-refractivity contribution >= 4 is 28.0 Å². The van der Waals surface area contributed by atoms with Gasteiger partial charge in [0.1, 0.15) is 11.5 Å². The zero-order chi connectivity index (χ0) is 13.7. The van der Waals surface area contributed by atoms with Crippen LogP contribution in [-0.4, -0.2) is 11.1 Å². The van der Waals surface area contributed by atoms with Gasteiger partial charge in [0.15, 0.2) is 0 Å². The highest BCUT2D eigenvalue weighted by Crippen LogP contribution is 2.29. The van der Waals surface area contributed by atoms with Crippen LogP contribution >= 0.6 is 15.9 Å². The molecule has 0 aliphatic carbocycles. The van der Waals surface area contributed by atoms with E-state index in [1.165, 1.54) is 6.08 Å². The Kier molecular flexibility index (Phi) is 4.36. The molecular weight excluding hydrogens is 308 g/mol. The Balaban J connectivity index is 2.32. The number of rotatable bonds is 4. The molecule has 0 saturated carbocycles. The maximum absolute atomic E-state index is 10.6. The number of halogens is 1. The highest BCUT2D eigenvalue weighted by molar-refractivity contribution is 9.10. The van der Waals surface area contributed by atoms with Gasteiger partial charge in [0.2, 0.25) is 0 Å². The molecule has 0 bridgehead atoms. The van der Waals surface area contributed by atoms with Gasteiger partial charge in [-0.1, -0.05) is 40.2 Å². The maximum atomic E-state index is 10.6. The van der Waals surface area contributed by atoms with Crippen LogP contribution in [-0.2, 0) is 4.79 Å². The summed E-state index contributed by atoms with van der Waals surface area (Å²) in [7, 11) is 0. The van der Waals surface area contributed by atoms with Gasteiger partial charge >= 0.3 is 5.97 Å². The molecule has 1 N–H and O–H groups in total. The van der Waals surface area contributed by atoms with Gasteiger partial charge in [-0.15, -0.1) is 0 Å². The zero-order valence-electron chi connectivity index (χ0n) is 9.92. The lowest BCUT2D eigenvalue weighted by Crippen LogP contribution is -1.89. The fourth-order valence-corrected chi connectivity index (χ4v) is 1.85. The summed E-state index contributed by atoms with van der Waals surface area (Å²) >= 11 is 3.37. The number of para-hydroxylation sites is 1. The summed E-state index contributed by atoms with van der Waals surface area (Å²) in [6.45, 7) is 0. The summed E-state index contributed by atoms with van der Waals surface area (Å²) in [6.07, 6.45) is 2.59. The third-order valence-corrected chi connectivity index (χ3v) is 2.85. The van der Waals surface area contributed by atoms with E-state index < -0.39 is 5.97 Å². The first kappa shape index (κ1) is 13.4. The predicted octanol–water partition coefficient (Wildman–Crippen LogP) is 4.34. The van der Waals surface area contributed by atoms with E-state index in [2.05, 4.69) is 15.9 Å². The fourth-order valence-electron chi connectivity index (χ4n) is 1.51. The molecule has 2 aromatic rings. The smallest absolute Gasteiger partial charge is 0.328 e. The minimum Gasteiger partial charge on any atom is -0.478 e. The summed E-state index contributed by atoms with van der Waals surface area (Å²) < 4.78 is 6.62. The van der Waals surface area contributed by atoms with Crippen LogP contribution in [0.15, 0.2) is 59.1 Å². The van der Waals surface area contributed by atoms with E-state index in [4.69, 9.17) is 9.84 Å². The summed E-state index contributed by atoms with van der Waals surface area (Å²) in [4.78, 5) is 10.6. The lowest BCUT2D eigenvalue weighted by atomic mass is 10.2. The number of ether oxygens (including phenoxy) is 1. The van der Waals surface area contributed by atoms with Crippen LogP contribution in [0, 0.1) is 0 Å². The Morgan fingerprint density at radius 2 is 1.89 bits per heavy atom. The van der Waals surface area contributed by atoms with Crippen molar-refractivity contribution in [3.63, 3.8) is 0 Å². The van der Waals surface area contributed by atoms with E-state index in [0.29, 0.717) is 17.1 Å². The van der Waals surface area contributed by atoms with E-state index in [1.54, 1.807) is 12.1 Å². The van der Waals surface area contributed by atoms with Gasteiger partial charge in [-0.2, -0.15) is 0 Å². The molecule has 0 fully saturated rings. The first-order valence-corrected chi connectivity index (χ1v) is 6.38. The van der Waals surface area contributed by atoms with Crippen molar-refractivity contribution in [2.75, 3.05) is 0 Å². The van der Waals surface area contributed by atoms with Crippen LogP contribution in [0.4, 0.5) is 0 Å². The van der Waals surface area contributed by atoms with Crippen molar-refractivity contribution in [2.24, 2.45) is 0 Å². The van der Waals surface area contributed by atoms with Crippen LogP contribution in [0.5, 0.6) is 11.5 Å². The molecule has 0 atom stereocenters. The van der Waals surface area contributed by atoms with Crippen molar-refractivity contribution in [3.8, 4) is 11.5 Å². The molecule has 2 rings (SSSR count). The third-order valence-electron chi connectivity index (χ3n) is 2.35. The quantitative estimate of drug-likeness (QED) is 0.853. The molecule has 0 aliphatic rings. The number of carboxylic acid groups (broad SMARTS) is 1. The van der Waals surface area contributed by atoms with Crippen LogP contribution in [0.3, 0.4) is 0 Å². The van der Waals surface area contributed by atoms with E-state index in [9.17, 15) is 4.79 Å². The fraction of sp³-hybridized carbons (Fsp3) is 0. The predicted molar refractivity (Wildman–Crippen MR) is 77.3 cm³/mol.